The molecule has 0 aliphatic heterocycles. The van der Waals surface area contributed by atoms with Crippen molar-refractivity contribution >= 4 is 70.2 Å². The second-order valence-corrected chi connectivity index (χ2v) is 13.1. The summed E-state index contributed by atoms with van der Waals surface area (Å²) < 4.78 is 115. The summed E-state index contributed by atoms with van der Waals surface area (Å²) >= 11 is 0.108. The smallest absolute Gasteiger partial charge is 0.744 e. The van der Waals surface area contributed by atoms with Crippen molar-refractivity contribution in [1.82, 2.24) is 0 Å². The second-order valence-electron chi connectivity index (χ2n) is 7.81. The molecule has 0 heterocycles. The summed E-state index contributed by atoms with van der Waals surface area (Å²) in [5, 5.41) is 30.3. The van der Waals surface area contributed by atoms with Crippen LogP contribution in [0.25, 0.3) is 10.8 Å². The van der Waals surface area contributed by atoms with Crippen molar-refractivity contribution in [1.29, 1.82) is 0 Å². The van der Waals surface area contributed by atoms with Crippen LogP contribution in [-0.4, -0.2) is 66.0 Å². The molecule has 0 saturated heterocycles. The first kappa shape index (κ1) is 44.7. The molecule has 25 heteroatoms. The number of sulfone groups is 1. The van der Waals surface area contributed by atoms with Crippen molar-refractivity contribution in [2.24, 2.45) is 10.2 Å². The van der Waals surface area contributed by atoms with Crippen LogP contribution in [0.5, 0.6) is 17.2 Å². The minimum Gasteiger partial charge on any atom is -0.744 e. The van der Waals surface area contributed by atoms with Gasteiger partial charge in [0.05, 0.1) is 47.4 Å². The van der Waals surface area contributed by atoms with Crippen LogP contribution in [0, 0.1) is 0 Å². The largest absolute Gasteiger partial charge is 1.00 e. The van der Waals surface area contributed by atoms with E-state index in [4.69, 9.17) is 19.4 Å². The number of hydrogen-bond donors (Lipinski definition) is 2. The Bertz CT molecular complexity index is 1880. The Labute approximate surface area is 327 Å². The molecule has 0 saturated carbocycles. The third-order valence-electron chi connectivity index (χ3n) is 5.32. The number of nitrogens with two attached hydrogens (primary N) is 1. The monoisotopic (exact) mass is 737 g/mol. The van der Waals surface area contributed by atoms with Gasteiger partial charge in [-0.3, -0.25) is 9.22 Å². The molecule has 0 amide bonds. The van der Waals surface area contributed by atoms with E-state index in [1.54, 1.807) is 0 Å². The normalized spacial score (nSPS) is 11.8. The molecule has 3 aromatic rings. The van der Waals surface area contributed by atoms with Gasteiger partial charge in [0.25, 0.3) is 0 Å². The Morgan fingerprint density at radius 1 is 0.867 bits per heavy atom. The van der Waals surface area contributed by atoms with E-state index >= 15 is 0 Å². The van der Waals surface area contributed by atoms with Crippen LogP contribution >= 0.6 is 12.3 Å². The number of methoxy groups -OCH3 is 2. The predicted molar refractivity (Wildman–Crippen MR) is 137 cm³/mol. The molecule has 0 aliphatic rings. The first-order chi connectivity index (χ1) is 19.5. The quantitative estimate of drug-likeness (QED) is 0.0241. The molecule has 0 radical (unpaired) electrons. The van der Waals surface area contributed by atoms with Crippen LogP contribution in [0.4, 0.5) is 17.1 Å². The summed E-state index contributed by atoms with van der Waals surface area (Å²) in [6, 6.07) is 4.03. The second kappa shape index (κ2) is 18.4. The molecule has 3 aromatic carbocycles. The Morgan fingerprint density at radius 2 is 1.49 bits per heavy atom. The Kier molecular flexibility index (Phi) is 18.3. The maximum Gasteiger partial charge on any atom is 1.00 e. The van der Waals surface area contributed by atoms with E-state index in [-0.39, 0.29) is 128 Å². The minimum atomic E-state index is -5.29. The van der Waals surface area contributed by atoms with E-state index in [0.29, 0.717) is 18.2 Å². The number of phenols is 1. The van der Waals surface area contributed by atoms with Crippen molar-refractivity contribution in [2.75, 3.05) is 32.3 Å². The zero-order valence-electron chi connectivity index (χ0n) is 24.1. The fraction of sp³-hybridized carbons (Fsp3) is 0.200. The number of benzene rings is 3. The number of ether oxygens (including phenoxy) is 2. The molecule has 0 atom stereocenters. The summed E-state index contributed by atoms with van der Waals surface area (Å²) in [7, 11) is -12.2. The zero-order valence-corrected chi connectivity index (χ0v) is 33.3. The number of anilines is 1. The van der Waals surface area contributed by atoms with Crippen LogP contribution in [0.3, 0.4) is 0 Å². The van der Waals surface area contributed by atoms with Gasteiger partial charge < -0.3 is 34.7 Å². The van der Waals surface area contributed by atoms with Gasteiger partial charge in [-0.05, 0) is 23.6 Å². The maximum atomic E-state index is 12.9. The summed E-state index contributed by atoms with van der Waals surface area (Å²) in [4.78, 5) is -2.36. The summed E-state index contributed by atoms with van der Waals surface area (Å²) in [5.74, 6) is -1.92. The van der Waals surface area contributed by atoms with Gasteiger partial charge in [-0.15, -0.1) is 14.6 Å². The van der Waals surface area contributed by atoms with Crippen molar-refractivity contribution in [2.45, 2.75) is 14.7 Å². The molecule has 45 heavy (non-hydrogen) atoms. The van der Waals surface area contributed by atoms with Gasteiger partial charge in [0.1, 0.15) is 53.8 Å². The van der Waals surface area contributed by atoms with Crippen LogP contribution in [0.2, 0.25) is 0 Å². The van der Waals surface area contributed by atoms with Gasteiger partial charge in [0.2, 0.25) is 0 Å². The first-order valence-electron chi connectivity index (χ1n) is 10.7. The molecule has 0 aliphatic carbocycles. The van der Waals surface area contributed by atoms with E-state index in [2.05, 4.69) is 19.6 Å². The van der Waals surface area contributed by atoms with Gasteiger partial charge in [-0.1, -0.05) is 0 Å². The number of phenolic OH excluding ortho intramolecular Hbond substituents is 1. The van der Waals surface area contributed by atoms with Crippen molar-refractivity contribution in [3.05, 3.63) is 30.3 Å². The van der Waals surface area contributed by atoms with Gasteiger partial charge in [-0.25, -0.2) is 25.3 Å². The molecule has 0 bridgehead atoms. The van der Waals surface area contributed by atoms with Gasteiger partial charge in [0, 0.05) is 12.1 Å². The summed E-state index contributed by atoms with van der Waals surface area (Å²) in [6.07, 6.45) is 0. The molecule has 3 rings (SSSR count). The van der Waals surface area contributed by atoms with E-state index in [1.807, 2.05) is 0 Å². The van der Waals surface area contributed by atoms with E-state index < -0.39 is 74.7 Å². The van der Waals surface area contributed by atoms with Crippen molar-refractivity contribution in [3.8, 4) is 17.2 Å². The molecule has 18 nitrogen and oxygen atoms in total. The summed E-state index contributed by atoms with van der Waals surface area (Å²) in [5.41, 5.74) is 4.28. The topological polar surface area (TPSA) is 289 Å². The molecule has 0 spiro atoms. The Morgan fingerprint density at radius 3 is 2.02 bits per heavy atom. The van der Waals surface area contributed by atoms with Crippen LogP contribution in [0.15, 0.2) is 55.2 Å². The van der Waals surface area contributed by atoms with Crippen molar-refractivity contribution in [3.63, 3.8) is 0 Å². The number of hydrogen-bond acceptors (Lipinski definition) is 19. The van der Waals surface area contributed by atoms with E-state index in [0.717, 1.165) is 26.4 Å². The Hall–Kier alpha value is -0.320. The average Bonchev–Trinajstić information content (AvgIpc) is 2.90. The fourth-order valence-corrected chi connectivity index (χ4v) is 6.26. The zero-order chi connectivity index (χ0) is 31.5. The van der Waals surface area contributed by atoms with Gasteiger partial charge in [-0.2, -0.15) is 0 Å². The van der Waals surface area contributed by atoms with Crippen LogP contribution in [0.1, 0.15) is 0 Å². The molecular weight excluding hydrogens is 719 g/mol. The van der Waals surface area contributed by atoms with E-state index in [9.17, 15) is 44.7 Å². The molecule has 0 fully saturated rings. The molecule has 0 aromatic heterocycles. The molecule has 0 unspecified atom stereocenters. The maximum absolute atomic E-state index is 12.9. The van der Waals surface area contributed by atoms with Crippen LogP contribution in [-0.2, 0) is 43.6 Å². The van der Waals surface area contributed by atoms with Crippen LogP contribution < -0.4 is 109 Å². The number of aromatic hydroxyl groups is 1. The van der Waals surface area contributed by atoms with Gasteiger partial charge in [0.15, 0.2) is 22.2 Å². The third kappa shape index (κ3) is 11.1. The third-order valence-corrected chi connectivity index (χ3v) is 9.08. The standard InChI is InChI=1S/C20H21N3O15S4.3Na/c1-34-14-9-16(40(26,27)4-3-36-39-38-37-25)15(35-2)8-12(14)22-23-20-18-10(6-17(19(20)21)42(31,32)33)5-11(7-13(18)24)41(28,29)30;;;/h5-9,24-25H,3-4,21H2,1-2H3,(H,28,29,30)(H,31,32,33);;;/q;3*+1/p-3. The molecule has 3 N–H and O–H groups in total. The minimum absolute atomic E-state index is 0. The number of nitrogens with zero attached hydrogens (tertiary/aromatic N) is 2. The van der Waals surface area contributed by atoms with Gasteiger partial charge >= 0.3 is 88.7 Å². The van der Waals surface area contributed by atoms with E-state index in [1.165, 1.54) is 0 Å². The first-order valence-corrected chi connectivity index (χ1v) is 15.8. The number of nitrogen functional groups attached to an aromatic ring is 1. The average molecular weight is 738 g/mol. The predicted octanol–water partition coefficient (Wildman–Crippen LogP) is -8.04. The summed E-state index contributed by atoms with van der Waals surface area (Å²) in [6.45, 7) is -0.437. The van der Waals surface area contributed by atoms with Crippen molar-refractivity contribution < 1.29 is 156 Å². The Balaban J connectivity index is 0.00000645. The SMILES string of the molecule is COc1cc(S(=O)(=O)CCOSOO[O-])c(OC)cc1N=Nc1c(N)c(S(=O)(=O)[O-])cc2cc(S(=O)(=O)[O-])cc(O)c12.[Na+].[Na+].[Na+]. The number of rotatable bonds is 13. The molecular formula is C20H18N3Na3O15S4. The number of fused-ring (bicyclic) bond motifs is 1. The number of azo groups is 1. The fourth-order valence-electron chi connectivity index (χ4n) is 3.52. The molecule has 230 valence electrons.